The zero-order chi connectivity index (χ0) is 21.4. The van der Waals surface area contributed by atoms with Crippen molar-refractivity contribution < 1.29 is 43.6 Å². The van der Waals surface area contributed by atoms with E-state index in [0.29, 0.717) is 0 Å². The van der Waals surface area contributed by atoms with Gasteiger partial charge in [0.05, 0.1) is 0 Å². The Morgan fingerprint density at radius 1 is 0.862 bits per heavy atom. The van der Waals surface area contributed by atoms with Gasteiger partial charge in [-0.1, -0.05) is 30.3 Å². The third-order valence-electron chi connectivity index (χ3n) is 3.51. The molecule has 2 aromatic rings. The molecule has 9 nitrogen and oxygen atoms in total. The Balaban J connectivity index is 2.45. The molecular formula is C20H18O9. The highest BCUT2D eigenvalue weighted by Gasteiger charge is 2.26. The van der Waals surface area contributed by atoms with Crippen molar-refractivity contribution in [3.8, 4) is 11.5 Å². The number of rotatable bonds is 10. The second-order valence-electron chi connectivity index (χ2n) is 5.82. The first-order chi connectivity index (χ1) is 13.8. The number of carboxylic acids is 2. The Bertz CT molecular complexity index is 869. The fourth-order valence-corrected chi connectivity index (χ4v) is 2.39. The van der Waals surface area contributed by atoms with E-state index in [9.17, 15) is 19.2 Å². The molecule has 0 bridgehead atoms. The van der Waals surface area contributed by atoms with Crippen LogP contribution >= 0.6 is 0 Å². The van der Waals surface area contributed by atoms with Crippen LogP contribution in [0.5, 0.6) is 11.5 Å². The van der Waals surface area contributed by atoms with Gasteiger partial charge in [-0.3, -0.25) is 9.59 Å². The first kappa shape index (κ1) is 21.4. The zero-order valence-corrected chi connectivity index (χ0v) is 15.4. The highest BCUT2D eigenvalue weighted by molar-refractivity contribution is 6.01. The van der Waals surface area contributed by atoms with E-state index < -0.39 is 43.0 Å². The summed E-state index contributed by atoms with van der Waals surface area (Å²) in [6, 6.07) is 12.0. The molecule has 2 aromatic carbocycles. The number of benzene rings is 2. The van der Waals surface area contributed by atoms with Crippen LogP contribution in [0.15, 0.2) is 48.5 Å². The van der Waals surface area contributed by atoms with E-state index in [-0.39, 0.29) is 22.6 Å². The van der Waals surface area contributed by atoms with Crippen LogP contribution in [0.25, 0.3) is 0 Å². The van der Waals surface area contributed by atoms with Gasteiger partial charge in [0, 0.05) is 24.1 Å². The van der Waals surface area contributed by atoms with Crippen molar-refractivity contribution >= 4 is 23.7 Å². The third-order valence-corrected chi connectivity index (χ3v) is 3.51. The summed E-state index contributed by atoms with van der Waals surface area (Å²) in [5.41, 5.74) is 0.418. The first-order valence-corrected chi connectivity index (χ1v) is 8.37. The fraction of sp³-hybridized carbons (Fsp3) is 0.200. The Morgan fingerprint density at radius 3 is 1.83 bits per heavy atom. The van der Waals surface area contributed by atoms with Crippen molar-refractivity contribution in [2.75, 3.05) is 13.2 Å². The highest BCUT2D eigenvalue weighted by atomic mass is 16.5. The first-order valence-electron chi connectivity index (χ1n) is 8.37. The molecule has 0 aliphatic rings. The minimum atomic E-state index is -1.37. The van der Waals surface area contributed by atoms with Crippen LogP contribution in [0.3, 0.4) is 0 Å². The number of esters is 1. The summed E-state index contributed by atoms with van der Waals surface area (Å²) >= 11 is 0. The van der Waals surface area contributed by atoms with Gasteiger partial charge in [0.15, 0.2) is 19.3 Å². The molecule has 0 aliphatic carbocycles. The van der Waals surface area contributed by atoms with E-state index in [0.717, 1.165) is 6.92 Å². The van der Waals surface area contributed by atoms with Crippen molar-refractivity contribution in [2.24, 2.45) is 0 Å². The molecule has 0 aromatic heterocycles. The average Bonchev–Trinajstić information content (AvgIpc) is 2.68. The number of hydrogen-bond donors (Lipinski definition) is 2. The Kier molecular flexibility index (Phi) is 7.30. The average molecular weight is 402 g/mol. The number of Topliss-reactive ketones (excluding diaryl/α,β-unsaturated/α-hetero) is 1. The molecule has 0 radical (unpaired) electrons. The number of carbonyl (C=O) groups excluding carboxylic acids is 2. The number of carbonyl (C=O) groups is 4. The largest absolute Gasteiger partial charge is 0.482 e. The molecule has 1 atom stereocenters. The standard InChI is InChI=1S/C20H18O9/c1-12(21)29-20(19(26)13-5-3-2-4-6-13)14-7-15(27-10-17(22)23)9-16(8-14)28-11-18(24)25/h2-9,20H,10-11H2,1H3,(H,22,23)(H,24,25). The predicted molar refractivity (Wildman–Crippen MR) is 98.0 cm³/mol. The topological polar surface area (TPSA) is 136 Å². The lowest BCUT2D eigenvalue weighted by Crippen LogP contribution is -2.19. The van der Waals surface area contributed by atoms with Crippen LogP contribution in [-0.4, -0.2) is 47.1 Å². The van der Waals surface area contributed by atoms with Gasteiger partial charge in [-0.05, 0) is 12.1 Å². The van der Waals surface area contributed by atoms with Gasteiger partial charge in [0.25, 0.3) is 0 Å². The summed E-state index contributed by atoms with van der Waals surface area (Å²) < 4.78 is 15.4. The van der Waals surface area contributed by atoms with Gasteiger partial charge < -0.3 is 24.4 Å². The quantitative estimate of drug-likeness (QED) is 0.452. The third kappa shape index (κ3) is 6.65. The molecule has 0 spiro atoms. The van der Waals surface area contributed by atoms with Gasteiger partial charge in [0.1, 0.15) is 11.5 Å². The van der Waals surface area contributed by atoms with Crippen LogP contribution in [0.1, 0.15) is 28.9 Å². The lowest BCUT2D eigenvalue weighted by atomic mass is 9.99. The molecular weight excluding hydrogens is 384 g/mol. The molecule has 0 aliphatic heterocycles. The molecule has 0 amide bonds. The fourth-order valence-electron chi connectivity index (χ4n) is 2.39. The molecule has 0 saturated carbocycles. The van der Waals surface area contributed by atoms with E-state index in [4.69, 9.17) is 24.4 Å². The summed E-state index contributed by atoms with van der Waals surface area (Å²) in [5, 5.41) is 17.6. The molecule has 2 rings (SSSR count). The van der Waals surface area contributed by atoms with Crippen LogP contribution in [0, 0.1) is 0 Å². The molecule has 1 unspecified atom stereocenters. The molecule has 9 heteroatoms. The van der Waals surface area contributed by atoms with Crippen molar-refractivity contribution in [1.29, 1.82) is 0 Å². The summed E-state index contributed by atoms with van der Waals surface area (Å²) in [4.78, 5) is 46.0. The Hall–Kier alpha value is -3.88. The molecule has 29 heavy (non-hydrogen) atoms. The van der Waals surface area contributed by atoms with E-state index >= 15 is 0 Å². The van der Waals surface area contributed by atoms with Crippen LogP contribution in [-0.2, 0) is 19.1 Å². The SMILES string of the molecule is CC(=O)OC(C(=O)c1ccccc1)c1cc(OCC(=O)O)cc(OCC(=O)O)c1. The van der Waals surface area contributed by atoms with Gasteiger partial charge in [-0.2, -0.15) is 0 Å². The molecule has 0 saturated heterocycles. The normalized spacial score (nSPS) is 11.2. The van der Waals surface area contributed by atoms with Crippen LogP contribution in [0.2, 0.25) is 0 Å². The molecule has 0 fully saturated rings. The van der Waals surface area contributed by atoms with Gasteiger partial charge >= 0.3 is 17.9 Å². The van der Waals surface area contributed by atoms with Crippen molar-refractivity contribution in [2.45, 2.75) is 13.0 Å². The molecule has 0 heterocycles. The number of carboxylic acid groups (broad SMARTS) is 2. The van der Waals surface area contributed by atoms with Gasteiger partial charge in [-0.25, -0.2) is 9.59 Å². The van der Waals surface area contributed by atoms with E-state index in [1.54, 1.807) is 30.3 Å². The monoisotopic (exact) mass is 402 g/mol. The minimum Gasteiger partial charge on any atom is -0.482 e. The van der Waals surface area contributed by atoms with E-state index in [1.165, 1.54) is 18.2 Å². The number of ether oxygens (including phenoxy) is 3. The summed E-state index contributed by atoms with van der Waals surface area (Å²) in [6.45, 7) is -0.211. The van der Waals surface area contributed by atoms with Crippen LogP contribution < -0.4 is 9.47 Å². The van der Waals surface area contributed by atoms with Crippen molar-refractivity contribution in [3.63, 3.8) is 0 Å². The van der Waals surface area contributed by atoms with Crippen LogP contribution in [0.4, 0.5) is 0 Å². The summed E-state index contributed by atoms with van der Waals surface area (Å²) in [6.07, 6.45) is -1.37. The Morgan fingerprint density at radius 2 is 1.38 bits per heavy atom. The van der Waals surface area contributed by atoms with Crippen molar-refractivity contribution in [1.82, 2.24) is 0 Å². The van der Waals surface area contributed by atoms with E-state index in [1.807, 2.05) is 0 Å². The second kappa shape index (κ2) is 9.88. The number of ketones is 1. The molecule has 2 N–H and O–H groups in total. The maximum absolute atomic E-state index is 12.9. The maximum atomic E-state index is 12.9. The van der Waals surface area contributed by atoms with Crippen molar-refractivity contribution in [3.05, 3.63) is 59.7 Å². The lowest BCUT2D eigenvalue weighted by Gasteiger charge is -2.18. The number of aliphatic carboxylic acids is 2. The Labute approximate surface area is 165 Å². The van der Waals surface area contributed by atoms with Gasteiger partial charge in [-0.15, -0.1) is 0 Å². The predicted octanol–water partition coefficient (Wildman–Crippen LogP) is 2.10. The second-order valence-corrected chi connectivity index (χ2v) is 5.82. The zero-order valence-electron chi connectivity index (χ0n) is 15.4. The minimum absolute atomic E-state index is 0.00306. The summed E-state index contributed by atoms with van der Waals surface area (Å²) in [5.74, 6) is -3.71. The maximum Gasteiger partial charge on any atom is 0.341 e. The lowest BCUT2D eigenvalue weighted by molar-refractivity contribution is -0.144. The van der Waals surface area contributed by atoms with Gasteiger partial charge in [0.2, 0.25) is 5.78 Å². The number of hydrogen-bond acceptors (Lipinski definition) is 7. The highest BCUT2D eigenvalue weighted by Crippen LogP contribution is 2.31. The van der Waals surface area contributed by atoms with E-state index in [2.05, 4.69) is 0 Å². The smallest absolute Gasteiger partial charge is 0.341 e. The summed E-state index contributed by atoms with van der Waals surface area (Å²) in [7, 11) is 0. The molecule has 152 valence electrons.